The number of aryl methyl sites for hydroxylation is 1. The van der Waals surface area contributed by atoms with E-state index in [4.69, 9.17) is 24.2 Å². The molecule has 0 radical (unpaired) electrons. The van der Waals surface area contributed by atoms with Crippen molar-refractivity contribution in [2.75, 3.05) is 58.4 Å². The first-order valence-electron chi connectivity index (χ1n) is 21.5. The molecule has 2 saturated heterocycles. The molecule has 5 atom stereocenters. The highest BCUT2D eigenvalue weighted by molar-refractivity contribution is 7.10. The Balaban J connectivity index is 1.27. The number of nitrogens with one attached hydrogen (secondary N) is 2. The first-order valence-corrected chi connectivity index (χ1v) is 22.3. The number of halogens is 2. The van der Waals surface area contributed by atoms with Crippen molar-refractivity contribution in [2.45, 2.75) is 97.6 Å². The number of anilines is 1. The molecule has 6 bridgehead atoms. The number of hydrogen-bond acceptors (Lipinski definition) is 12. The minimum Gasteiger partial charge on any atom is -0.464 e. The number of thiazole rings is 1. The summed E-state index contributed by atoms with van der Waals surface area (Å²) in [7, 11) is 3.81. The van der Waals surface area contributed by atoms with Crippen molar-refractivity contribution in [2.24, 2.45) is 17.3 Å². The first kappa shape index (κ1) is 43.9. The number of piperazine rings is 1. The van der Waals surface area contributed by atoms with E-state index < -0.39 is 58.8 Å². The molecule has 1 aromatic carbocycles. The van der Waals surface area contributed by atoms with Gasteiger partial charge in [0.25, 0.3) is 11.8 Å². The Kier molecular flexibility index (Phi) is 11.6. The van der Waals surface area contributed by atoms with E-state index in [1.54, 1.807) is 27.9 Å². The summed E-state index contributed by atoms with van der Waals surface area (Å²) in [6.45, 7) is 17.0. The van der Waals surface area contributed by atoms with Crippen LogP contribution < -0.4 is 15.6 Å². The lowest BCUT2D eigenvalue weighted by molar-refractivity contribution is -0.156. The molecule has 3 aromatic heterocycles. The molecule has 4 aliphatic rings. The summed E-state index contributed by atoms with van der Waals surface area (Å²) in [5.41, 5.74) is 8.53. The molecule has 2 unspecified atom stereocenters. The van der Waals surface area contributed by atoms with Gasteiger partial charge >= 0.3 is 12.1 Å². The molecule has 4 aromatic rings. The fourth-order valence-corrected chi connectivity index (χ4v) is 9.97. The van der Waals surface area contributed by atoms with Gasteiger partial charge in [0.2, 0.25) is 0 Å². The van der Waals surface area contributed by atoms with Crippen LogP contribution in [0.1, 0.15) is 70.8 Å². The highest BCUT2D eigenvalue weighted by Gasteiger charge is 2.75. The second-order valence-electron chi connectivity index (χ2n) is 18.9. The van der Waals surface area contributed by atoms with Gasteiger partial charge in [0.05, 0.1) is 58.5 Å². The Hall–Kier alpha value is -4.71. The number of alkyl carbamates (subject to hydrolysis) is 1. The zero-order valence-electron chi connectivity index (χ0n) is 37.0. The highest BCUT2D eigenvalue weighted by atomic mass is 32.1. The van der Waals surface area contributed by atoms with Crippen molar-refractivity contribution < 1.29 is 37.4 Å². The predicted molar refractivity (Wildman–Crippen MR) is 233 cm³/mol. The number of pyridine rings is 1. The number of amides is 2. The standard InChI is InChI=1S/C45H58F2N8O6S/c1-10-54-34-12-11-26-17-28(34)30(39(54)29-18-27(21-48-37(29)25(2)59-9)53-15-13-52(8)14-16-53)20-44(6,7)24-60-41(57)38-36-31(45(36,46)47)22-55(51-38)40(56)32(19-35-49-33(26)23-62-35)50-42(58)61-43(3,4)5/h11-12,17-18,21,23,25,31-32,36,38,51H,10,13-16,19-20,22,24H2,1-9H3,(H,50,58)/t25-,31?,32-,36?,38-/m0/s1. The first-order chi connectivity index (χ1) is 29.3. The van der Waals surface area contributed by atoms with E-state index in [-0.39, 0.29) is 25.7 Å². The van der Waals surface area contributed by atoms with Crippen LogP contribution in [0.15, 0.2) is 35.8 Å². The van der Waals surface area contributed by atoms with Crippen molar-refractivity contribution in [3.8, 4) is 22.5 Å². The maximum absolute atomic E-state index is 15.4. The van der Waals surface area contributed by atoms with E-state index in [9.17, 15) is 14.4 Å². The molecule has 2 amide bonds. The minimum absolute atomic E-state index is 0.0460. The van der Waals surface area contributed by atoms with Gasteiger partial charge in [-0.25, -0.2) is 24.0 Å². The molecular formula is C45H58F2N8O6S. The van der Waals surface area contributed by atoms with E-state index >= 15 is 8.78 Å². The summed E-state index contributed by atoms with van der Waals surface area (Å²) >= 11 is 1.33. The summed E-state index contributed by atoms with van der Waals surface area (Å²) < 4.78 is 50.5. The number of rotatable bonds is 6. The molecule has 62 heavy (non-hydrogen) atoms. The van der Waals surface area contributed by atoms with Gasteiger partial charge in [0, 0.05) is 85.6 Å². The monoisotopic (exact) mass is 876 g/mol. The maximum atomic E-state index is 15.4. The average molecular weight is 877 g/mol. The van der Waals surface area contributed by atoms with Gasteiger partial charge in [-0.15, -0.1) is 11.3 Å². The number of hydrazine groups is 1. The van der Waals surface area contributed by atoms with Gasteiger partial charge in [-0.1, -0.05) is 19.9 Å². The van der Waals surface area contributed by atoms with Crippen LogP contribution in [0.4, 0.5) is 19.3 Å². The molecule has 334 valence electrons. The van der Waals surface area contributed by atoms with Crippen molar-refractivity contribution in [1.29, 1.82) is 0 Å². The molecule has 1 aliphatic carbocycles. The lowest BCUT2D eigenvalue weighted by Gasteiger charge is -2.34. The molecule has 3 fully saturated rings. The number of hydrogen-bond donors (Lipinski definition) is 2. The molecular weight excluding hydrogens is 819 g/mol. The third-order valence-corrected chi connectivity index (χ3v) is 13.4. The van der Waals surface area contributed by atoms with Gasteiger partial charge in [-0.3, -0.25) is 19.6 Å². The van der Waals surface area contributed by atoms with Crippen LogP contribution in [-0.2, 0) is 43.2 Å². The lowest BCUT2D eigenvalue weighted by atomic mass is 9.84. The normalized spacial score (nSPS) is 24.6. The molecule has 1 saturated carbocycles. The number of carbonyl (C=O) groups is 3. The fraction of sp³-hybridized carbons (Fsp3) is 0.578. The quantitative estimate of drug-likeness (QED) is 0.206. The van der Waals surface area contributed by atoms with E-state index in [0.717, 1.165) is 75.9 Å². The smallest absolute Gasteiger partial charge is 0.408 e. The summed E-state index contributed by atoms with van der Waals surface area (Å²) in [4.78, 5) is 56.1. The summed E-state index contributed by atoms with van der Waals surface area (Å²) in [6, 6.07) is 5.77. The summed E-state index contributed by atoms with van der Waals surface area (Å²) in [6.07, 6.45) is 1.17. The van der Waals surface area contributed by atoms with Crippen molar-refractivity contribution in [1.82, 2.24) is 35.2 Å². The Morgan fingerprint density at radius 3 is 2.58 bits per heavy atom. The second-order valence-corrected chi connectivity index (χ2v) is 19.9. The number of aromatic nitrogens is 3. The highest BCUT2D eigenvalue weighted by Crippen LogP contribution is 2.59. The lowest BCUT2D eigenvalue weighted by Crippen LogP contribution is -2.61. The van der Waals surface area contributed by atoms with Crippen LogP contribution in [0.25, 0.3) is 33.4 Å². The topological polar surface area (TPSA) is 143 Å². The van der Waals surface area contributed by atoms with Crippen LogP contribution in [0.2, 0.25) is 0 Å². The third kappa shape index (κ3) is 8.52. The Labute approximate surface area is 365 Å². The number of ether oxygens (including phenoxy) is 3. The summed E-state index contributed by atoms with van der Waals surface area (Å²) in [5, 5.41) is 7.13. The fourth-order valence-electron chi connectivity index (χ4n) is 9.12. The Bertz CT molecular complexity index is 2370. The number of carbonyl (C=O) groups excluding carboxylic acids is 3. The van der Waals surface area contributed by atoms with Gasteiger partial charge in [-0.2, -0.15) is 0 Å². The number of alkyl halides is 2. The van der Waals surface area contributed by atoms with Gasteiger partial charge in [-0.05, 0) is 71.8 Å². The average Bonchev–Trinajstić information content (AvgIpc) is 3.48. The maximum Gasteiger partial charge on any atom is 0.408 e. The number of benzene rings is 1. The van der Waals surface area contributed by atoms with Crippen LogP contribution in [-0.4, -0.2) is 120 Å². The number of cyclic esters (lactones) is 1. The van der Waals surface area contributed by atoms with Crippen LogP contribution in [0.5, 0.6) is 0 Å². The molecule has 2 N–H and O–H groups in total. The molecule has 6 heterocycles. The molecule has 17 heteroatoms. The number of esters is 1. The van der Waals surface area contributed by atoms with E-state index in [1.807, 2.05) is 38.4 Å². The van der Waals surface area contributed by atoms with Gasteiger partial charge in [0.1, 0.15) is 17.7 Å². The molecule has 8 rings (SSSR count). The van der Waals surface area contributed by atoms with E-state index in [2.05, 4.69) is 57.3 Å². The second kappa shape index (κ2) is 16.4. The predicted octanol–water partition coefficient (Wildman–Crippen LogP) is 6.46. The number of nitrogens with zero attached hydrogens (tertiary/aromatic N) is 6. The van der Waals surface area contributed by atoms with Crippen LogP contribution >= 0.6 is 11.3 Å². The zero-order chi connectivity index (χ0) is 44.5. The summed E-state index contributed by atoms with van der Waals surface area (Å²) in [5.74, 6) is -7.37. The third-order valence-electron chi connectivity index (χ3n) is 12.5. The van der Waals surface area contributed by atoms with E-state index in [0.29, 0.717) is 23.7 Å². The SMILES string of the molecule is CCn1c(-c2cc(N3CCN(C)CC3)cnc2[C@H](C)OC)c2c3cc(ccc31)-c1csc(n1)C[C@H](NC(=O)OC(C)(C)C)C(=O)N1CC3C([C@H](N1)C(=O)OCC(C)(C)C2)C3(F)F. The van der Waals surface area contributed by atoms with Gasteiger partial charge in [0.15, 0.2) is 0 Å². The van der Waals surface area contributed by atoms with Gasteiger partial charge < -0.3 is 33.9 Å². The molecule has 14 nitrogen and oxygen atoms in total. The van der Waals surface area contributed by atoms with Crippen molar-refractivity contribution in [3.63, 3.8) is 0 Å². The zero-order valence-corrected chi connectivity index (χ0v) is 37.8. The Morgan fingerprint density at radius 1 is 1.15 bits per heavy atom. The van der Waals surface area contributed by atoms with Crippen LogP contribution in [0, 0.1) is 17.3 Å². The van der Waals surface area contributed by atoms with Crippen LogP contribution in [0.3, 0.4) is 0 Å². The minimum atomic E-state index is -3.20. The largest absolute Gasteiger partial charge is 0.464 e. The number of fused-ring (bicyclic) bond motifs is 8. The Morgan fingerprint density at radius 2 is 1.89 bits per heavy atom. The van der Waals surface area contributed by atoms with E-state index in [1.165, 1.54) is 11.3 Å². The number of methoxy groups -OCH3 is 1. The van der Waals surface area contributed by atoms with Crippen molar-refractivity contribution in [3.05, 3.63) is 52.1 Å². The molecule has 3 aliphatic heterocycles. The number of likely N-dealkylation sites (N-methyl/N-ethyl adjacent to an activating group) is 1. The molecule has 0 spiro atoms. The van der Waals surface area contributed by atoms with Crippen molar-refractivity contribution >= 4 is 45.9 Å².